The Kier molecular flexibility index (Phi) is 7.59. The molecule has 176 valence electrons. The summed E-state index contributed by atoms with van der Waals surface area (Å²) in [4.78, 5) is 25.2. The molecule has 33 heavy (non-hydrogen) atoms. The van der Waals surface area contributed by atoms with E-state index in [0.717, 1.165) is 23.8 Å². The Labute approximate surface area is 195 Å². The average molecular weight is 451 g/mol. The van der Waals surface area contributed by atoms with E-state index in [9.17, 15) is 9.59 Å². The normalized spacial score (nSPS) is 13.5. The summed E-state index contributed by atoms with van der Waals surface area (Å²) >= 11 is 0. The lowest BCUT2D eigenvalue weighted by Gasteiger charge is -2.23. The Balaban J connectivity index is 1.88. The second-order valence-corrected chi connectivity index (χ2v) is 9.34. The molecule has 0 aliphatic heterocycles. The van der Waals surface area contributed by atoms with Crippen molar-refractivity contribution in [2.45, 2.75) is 65.1 Å². The maximum absolute atomic E-state index is 12.9. The van der Waals surface area contributed by atoms with Crippen LogP contribution >= 0.6 is 0 Å². The fourth-order valence-corrected chi connectivity index (χ4v) is 3.95. The molecule has 0 radical (unpaired) electrons. The summed E-state index contributed by atoms with van der Waals surface area (Å²) in [5.74, 6) is -0.580. The number of hydrogen-bond acceptors (Lipinski definition) is 5. The number of carbonyl (C=O) groups excluding carboxylic acids is 2. The van der Waals surface area contributed by atoms with Crippen LogP contribution in [0.4, 0.5) is 4.79 Å². The second-order valence-electron chi connectivity index (χ2n) is 9.34. The molecule has 3 aromatic rings. The zero-order chi connectivity index (χ0) is 24.2. The van der Waals surface area contributed by atoms with Gasteiger partial charge in [0.2, 0.25) is 0 Å². The van der Waals surface area contributed by atoms with Crippen molar-refractivity contribution < 1.29 is 19.1 Å². The van der Waals surface area contributed by atoms with Crippen molar-refractivity contribution in [2.75, 3.05) is 7.11 Å². The van der Waals surface area contributed by atoms with Gasteiger partial charge < -0.3 is 14.8 Å². The molecule has 6 heteroatoms. The van der Waals surface area contributed by atoms with Crippen LogP contribution in [0.1, 0.15) is 68.7 Å². The SMILES string of the molecule is CC[C@H](Cc1ccc2c(c1)cc(C(=O)OC)n2C(=O)OC(C)(C)C)N[C@H](C)c1ccccc1. The van der Waals surface area contributed by atoms with Gasteiger partial charge in [-0.15, -0.1) is 0 Å². The van der Waals surface area contributed by atoms with Crippen LogP contribution in [0.15, 0.2) is 54.6 Å². The van der Waals surface area contributed by atoms with Crippen LogP contribution in [0.3, 0.4) is 0 Å². The lowest BCUT2D eigenvalue weighted by atomic mass is 10.0. The fourth-order valence-electron chi connectivity index (χ4n) is 3.95. The van der Waals surface area contributed by atoms with Crippen molar-refractivity contribution in [1.29, 1.82) is 0 Å². The van der Waals surface area contributed by atoms with Gasteiger partial charge in [0, 0.05) is 17.5 Å². The topological polar surface area (TPSA) is 69.6 Å². The number of benzene rings is 2. The average Bonchev–Trinajstić information content (AvgIpc) is 3.16. The molecule has 2 aromatic carbocycles. The minimum absolute atomic E-state index is 0.154. The molecular weight excluding hydrogens is 416 g/mol. The first-order chi connectivity index (χ1) is 15.6. The molecule has 0 saturated heterocycles. The van der Waals surface area contributed by atoms with Crippen LogP contribution in [-0.2, 0) is 15.9 Å². The molecule has 0 saturated carbocycles. The number of carbonyl (C=O) groups is 2. The minimum atomic E-state index is -0.684. The third kappa shape index (κ3) is 6.02. The first-order valence-electron chi connectivity index (χ1n) is 11.4. The number of nitrogens with one attached hydrogen (secondary N) is 1. The summed E-state index contributed by atoms with van der Waals surface area (Å²) in [6.45, 7) is 9.72. The molecule has 1 heterocycles. The van der Waals surface area contributed by atoms with Crippen LogP contribution in [0.2, 0.25) is 0 Å². The lowest BCUT2D eigenvalue weighted by molar-refractivity contribution is 0.0489. The van der Waals surface area contributed by atoms with Crippen molar-refractivity contribution in [3.63, 3.8) is 0 Å². The highest BCUT2D eigenvalue weighted by molar-refractivity contribution is 6.01. The molecule has 0 aliphatic carbocycles. The molecule has 0 unspecified atom stereocenters. The molecular formula is C27H34N2O4. The summed E-state index contributed by atoms with van der Waals surface area (Å²) in [6.07, 6.45) is 1.20. The van der Waals surface area contributed by atoms with Crippen LogP contribution in [0.25, 0.3) is 10.9 Å². The van der Waals surface area contributed by atoms with Gasteiger partial charge in [-0.25, -0.2) is 14.2 Å². The van der Waals surface area contributed by atoms with E-state index in [4.69, 9.17) is 9.47 Å². The van der Waals surface area contributed by atoms with E-state index in [1.165, 1.54) is 17.2 Å². The summed E-state index contributed by atoms with van der Waals surface area (Å²) < 4.78 is 11.7. The van der Waals surface area contributed by atoms with Crippen molar-refractivity contribution in [2.24, 2.45) is 0 Å². The number of esters is 1. The number of aromatic nitrogens is 1. The van der Waals surface area contributed by atoms with Gasteiger partial charge in [-0.2, -0.15) is 0 Å². The molecule has 1 N–H and O–H groups in total. The third-order valence-electron chi connectivity index (χ3n) is 5.60. The van der Waals surface area contributed by atoms with Gasteiger partial charge in [-0.1, -0.05) is 43.3 Å². The highest BCUT2D eigenvalue weighted by Gasteiger charge is 2.25. The largest absolute Gasteiger partial charge is 0.464 e. The molecule has 1 aromatic heterocycles. The molecule has 0 spiro atoms. The van der Waals surface area contributed by atoms with Gasteiger partial charge in [0.05, 0.1) is 12.6 Å². The number of ether oxygens (including phenoxy) is 2. The van der Waals surface area contributed by atoms with Gasteiger partial charge in [0.25, 0.3) is 0 Å². The van der Waals surface area contributed by atoms with Crippen LogP contribution in [0.5, 0.6) is 0 Å². The smallest absolute Gasteiger partial charge is 0.419 e. The number of hydrogen-bond donors (Lipinski definition) is 1. The van der Waals surface area contributed by atoms with Crippen molar-refractivity contribution in [1.82, 2.24) is 9.88 Å². The fraction of sp³-hybridized carbons (Fsp3) is 0.407. The van der Waals surface area contributed by atoms with E-state index in [0.29, 0.717) is 5.52 Å². The van der Waals surface area contributed by atoms with Crippen LogP contribution < -0.4 is 5.32 Å². The van der Waals surface area contributed by atoms with E-state index in [2.05, 4.69) is 43.4 Å². The predicted molar refractivity (Wildman–Crippen MR) is 131 cm³/mol. The summed E-state index contributed by atoms with van der Waals surface area (Å²) in [5, 5.41) is 4.51. The van der Waals surface area contributed by atoms with E-state index >= 15 is 0 Å². The molecule has 0 aliphatic rings. The zero-order valence-corrected chi connectivity index (χ0v) is 20.3. The van der Waals surface area contributed by atoms with Crippen LogP contribution in [-0.4, -0.2) is 35.4 Å². The Hall–Kier alpha value is -3.12. The van der Waals surface area contributed by atoms with Gasteiger partial charge >= 0.3 is 12.1 Å². The van der Waals surface area contributed by atoms with Crippen LogP contribution in [0, 0.1) is 0 Å². The number of nitrogens with zero attached hydrogens (tertiary/aromatic N) is 1. The first kappa shape index (κ1) is 24.5. The maximum atomic E-state index is 12.9. The predicted octanol–water partition coefficient (Wildman–Crippen LogP) is 5.88. The Morgan fingerprint density at radius 1 is 1.06 bits per heavy atom. The van der Waals surface area contributed by atoms with Crippen molar-refractivity contribution >= 4 is 23.0 Å². The molecule has 2 atom stereocenters. The third-order valence-corrected chi connectivity index (χ3v) is 5.60. The Morgan fingerprint density at radius 2 is 1.76 bits per heavy atom. The maximum Gasteiger partial charge on any atom is 0.419 e. The Bertz CT molecular complexity index is 1110. The minimum Gasteiger partial charge on any atom is -0.464 e. The lowest BCUT2D eigenvalue weighted by Crippen LogP contribution is -2.32. The van der Waals surface area contributed by atoms with Gasteiger partial charge in [-0.3, -0.25) is 0 Å². The number of rotatable bonds is 7. The van der Waals surface area contributed by atoms with Crippen molar-refractivity contribution in [3.05, 3.63) is 71.4 Å². The Morgan fingerprint density at radius 3 is 2.36 bits per heavy atom. The monoisotopic (exact) mass is 450 g/mol. The zero-order valence-electron chi connectivity index (χ0n) is 20.3. The van der Waals surface area contributed by atoms with Gasteiger partial charge in [0.15, 0.2) is 0 Å². The molecule has 6 nitrogen and oxygen atoms in total. The van der Waals surface area contributed by atoms with Gasteiger partial charge in [-0.05, 0) is 69.9 Å². The standard InChI is InChI=1S/C27H34N2O4/c1-7-22(28-18(2)20-11-9-8-10-12-20)16-19-13-14-23-21(15-19)17-24(25(30)32-6)29(23)26(31)33-27(3,4)5/h8-15,17-18,22,28H,7,16H2,1-6H3/t18-,22-/m1/s1. The van der Waals surface area contributed by atoms with E-state index in [1.54, 1.807) is 26.8 Å². The molecule has 0 amide bonds. The molecule has 0 bridgehead atoms. The quantitative estimate of drug-likeness (QED) is 0.455. The number of fused-ring (bicyclic) bond motifs is 1. The first-order valence-corrected chi connectivity index (χ1v) is 11.4. The second kappa shape index (κ2) is 10.2. The van der Waals surface area contributed by atoms with Gasteiger partial charge in [0.1, 0.15) is 11.3 Å². The van der Waals surface area contributed by atoms with E-state index in [-0.39, 0.29) is 17.8 Å². The summed E-state index contributed by atoms with van der Waals surface area (Å²) in [6, 6.07) is 18.5. The van der Waals surface area contributed by atoms with E-state index in [1.807, 2.05) is 24.3 Å². The highest BCUT2D eigenvalue weighted by atomic mass is 16.6. The summed E-state index contributed by atoms with van der Waals surface area (Å²) in [5.41, 5.74) is 2.47. The van der Waals surface area contributed by atoms with Crippen molar-refractivity contribution in [3.8, 4) is 0 Å². The summed E-state index contributed by atoms with van der Waals surface area (Å²) in [7, 11) is 1.30. The van der Waals surface area contributed by atoms with E-state index < -0.39 is 17.7 Å². The molecule has 0 fully saturated rings. The number of methoxy groups -OCH3 is 1. The molecule has 3 rings (SSSR count). The highest BCUT2D eigenvalue weighted by Crippen LogP contribution is 2.25.